The fourth-order valence-corrected chi connectivity index (χ4v) is 2.68. The number of sulfonamides is 1. The summed E-state index contributed by atoms with van der Waals surface area (Å²) >= 11 is 0. The van der Waals surface area contributed by atoms with Gasteiger partial charge in [-0.05, 0) is 5.92 Å². The lowest BCUT2D eigenvalue weighted by atomic mass is 10.1. The van der Waals surface area contributed by atoms with Crippen molar-refractivity contribution in [1.29, 1.82) is 0 Å². The number of ether oxygens (including phenoxy) is 1. The standard InChI is InChI=1S/C11H16N2O5S/c1-7(2)10(11(14)15)13-19(16,17)9-4-8(18-3)5-12-6-9/h4-7,10,13H,1-3H3,(H,14,15)/t10-/m0/s1. The first-order valence-corrected chi connectivity index (χ1v) is 7.00. The van der Waals surface area contributed by atoms with Gasteiger partial charge in [-0.1, -0.05) is 13.8 Å². The maximum Gasteiger partial charge on any atom is 0.322 e. The molecular formula is C11H16N2O5S. The predicted molar refractivity (Wildman–Crippen MR) is 67.4 cm³/mol. The number of carbonyl (C=O) groups is 1. The molecule has 8 heteroatoms. The third-order valence-corrected chi connectivity index (χ3v) is 3.86. The Hall–Kier alpha value is -1.67. The summed E-state index contributed by atoms with van der Waals surface area (Å²) < 4.78 is 31.1. The van der Waals surface area contributed by atoms with E-state index in [2.05, 4.69) is 9.71 Å². The molecule has 0 radical (unpaired) electrons. The Labute approximate surface area is 111 Å². The summed E-state index contributed by atoms with van der Waals surface area (Å²) in [7, 11) is -2.57. The molecule has 1 rings (SSSR count). The van der Waals surface area contributed by atoms with Gasteiger partial charge in [0.15, 0.2) is 0 Å². The Balaban J connectivity index is 3.06. The van der Waals surface area contributed by atoms with Crippen LogP contribution in [0.1, 0.15) is 13.8 Å². The number of aromatic nitrogens is 1. The van der Waals surface area contributed by atoms with E-state index in [9.17, 15) is 13.2 Å². The fourth-order valence-electron chi connectivity index (χ4n) is 1.36. The van der Waals surface area contributed by atoms with Gasteiger partial charge < -0.3 is 9.84 Å². The van der Waals surface area contributed by atoms with E-state index in [-0.39, 0.29) is 16.6 Å². The summed E-state index contributed by atoms with van der Waals surface area (Å²) in [5, 5.41) is 8.99. The van der Waals surface area contributed by atoms with Gasteiger partial charge in [0.1, 0.15) is 16.7 Å². The zero-order chi connectivity index (χ0) is 14.6. The van der Waals surface area contributed by atoms with Crippen molar-refractivity contribution in [2.45, 2.75) is 24.8 Å². The molecule has 0 amide bonds. The summed E-state index contributed by atoms with van der Waals surface area (Å²) in [6, 6.07) is 0.0744. The number of aliphatic carboxylic acids is 1. The number of carboxylic acid groups (broad SMARTS) is 1. The highest BCUT2D eigenvalue weighted by Crippen LogP contribution is 2.16. The van der Waals surface area contributed by atoms with E-state index in [0.717, 1.165) is 6.20 Å². The Morgan fingerprint density at radius 1 is 1.42 bits per heavy atom. The highest BCUT2D eigenvalue weighted by atomic mass is 32.2. The largest absolute Gasteiger partial charge is 0.495 e. The predicted octanol–water partition coefficient (Wildman–Crippen LogP) is 0.478. The normalized spacial score (nSPS) is 13.3. The third kappa shape index (κ3) is 3.90. The van der Waals surface area contributed by atoms with Gasteiger partial charge in [-0.25, -0.2) is 8.42 Å². The fraction of sp³-hybridized carbons (Fsp3) is 0.455. The van der Waals surface area contributed by atoms with Crippen LogP contribution in [0.4, 0.5) is 0 Å². The first kappa shape index (κ1) is 15.4. The molecule has 7 nitrogen and oxygen atoms in total. The van der Waals surface area contributed by atoms with Gasteiger partial charge in [0.2, 0.25) is 10.0 Å². The minimum Gasteiger partial charge on any atom is -0.495 e. The second-order valence-electron chi connectivity index (χ2n) is 4.24. The molecule has 0 saturated heterocycles. The molecule has 0 aromatic carbocycles. The molecule has 2 N–H and O–H groups in total. The lowest BCUT2D eigenvalue weighted by Gasteiger charge is -2.17. The lowest BCUT2D eigenvalue weighted by molar-refractivity contribution is -0.140. The molecule has 0 spiro atoms. The average Bonchev–Trinajstić information content (AvgIpc) is 2.35. The summed E-state index contributed by atoms with van der Waals surface area (Å²) in [4.78, 5) is 14.6. The number of hydrogen-bond donors (Lipinski definition) is 2. The van der Waals surface area contributed by atoms with Crippen LogP contribution in [0.25, 0.3) is 0 Å². The number of methoxy groups -OCH3 is 1. The molecule has 106 valence electrons. The number of carboxylic acids is 1. The van der Waals surface area contributed by atoms with Crippen molar-refractivity contribution in [1.82, 2.24) is 9.71 Å². The topological polar surface area (TPSA) is 106 Å². The van der Waals surface area contributed by atoms with Crippen LogP contribution in [0, 0.1) is 5.92 Å². The molecule has 0 aliphatic heterocycles. The SMILES string of the molecule is COc1cncc(S(=O)(=O)N[C@H](C(=O)O)C(C)C)c1. The van der Waals surface area contributed by atoms with Gasteiger partial charge in [-0.3, -0.25) is 9.78 Å². The maximum absolute atomic E-state index is 12.0. The van der Waals surface area contributed by atoms with Crippen LogP contribution in [0.3, 0.4) is 0 Å². The molecule has 0 aliphatic carbocycles. The molecule has 1 atom stereocenters. The van der Waals surface area contributed by atoms with Gasteiger partial charge in [0, 0.05) is 12.3 Å². The van der Waals surface area contributed by atoms with Crippen LogP contribution in [0.2, 0.25) is 0 Å². The molecule has 0 aliphatic rings. The Kier molecular flexibility index (Phi) is 4.84. The average molecular weight is 288 g/mol. The van der Waals surface area contributed by atoms with Crippen molar-refractivity contribution in [3.05, 3.63) is 18.5 Å². The monoisotopic (exact) mass is 288 g/mol. The van der Waals surface area contributed by atoms with Crippen molar-refractivity contribution in [3.63, 3.8) is 0 Å². The smallest absolute Gasteiger partial charge is 0.322 e. The summed E-state index contributed by atoms with van der Waals surface area (Å²) in [5.41, 5.74) is 0. The Bertz CT molecular complexity index is 556. The van der Waals surface area contributed by atoms with Gasteiger partial charge >= 0.3 is 5.97 Å². The lowest BCUT2D eigenvalue weighted by Crippen LogP contribution is -2.44. The Morgan fingerprint density at radius 2 is 2.05 bits per heavy atom. The van der Waals surface area contributed by atoms with E-state index in [4.69, 9.17) is 9.84 Å². The minimum absolute atomic E-state index is 0.140. The number of rotatable bonds is 6. The first-order valence-electron chi connectivity index (χ1n) is 5.52. The maximum atomic E-state index is 12.0. The second-order valence-corrected chi connectivity index (χ2v) is 5.96. The van der Waals surface area contributed by atoms with E-state index >= 15 is 0 Å². The first-order chi connectivity index (χ1) is 8.77. The van der Waals surface area contributed by atoms with Gasteiger partial charge in [0.25, 0.3) is 0 Å². The number of pyridine rings is 1. The summed E-state index contributed by atoms with van der Waals surface area (Å²) in [6.45, 7) is 3.23. The van der Waals surface area contributed by atoms with Crippen molar-refractivity contribution in [2.24, 2.45) is 5.92 Å². The molecule has 0 unspecified atom stereocenters. The van der Waals surface area contributed by atoms with E-state index in [1.54, 1.807) is 13.8 Å². The van der Waals surface area contributed by atoms with Crippen LogP contribution >= 0.6 is 0 Å². The zero-order valence-electron chi connectivity index (χ0n) is 10.8. The second kappa shape index (κ2) is 5.98. The molecule has 0 bridgehead atoms. The van der Waals surface area contributed by atoms with Crippen molar-refractivity contribution >= 4 is 16.0 Å². The van der Waals surface area contributed by atoms with Crippen LogP contribution in [0.15, 0.2) is 23.4 Å². The van der Waals surface area contributed by atoms with Crippen molar-refractivity contribution in [3.8, 4) is 5.75 Å². The Morgan fingerprint density at radius 3 is 2.53 bits per heavy atom. The van der Waals surface area contributed by atoms with E-state index in [0.29, 0.717) is 0 Å². The van der Waals surface area contributed by atoms with Crippen LogP contribution < -0.4 is 9.46 Å². The molecule has 0 fully saturated rings. The molecule has 1 aromatic rings. The molecular weight excluding hydrogens is 272 g/mol. The summed E-state index contributed by atoms with van der Waals surface area (Å²) in [5.74, 6) is -1.33. The molecule has 0 saturated carbocycles. The van der Waals surface area contributed by atoms with Crippen LogP contribution in [0.5, 0.6) is 5.75 Å². The van der Waals surface area contributed by atoms with Gasteiger partial charge in [0.05, 0.1) is 13.3 Å². The highest BCUT2D eigenvalue weighted by Gasteiger charge is 2.28. The van der Waals surface area contributed by atoms with Crippen molar-refractivity contribution in [2.75, 3.05) is 7.11 Å². The quantitative estimate of drug-likeness (QED) is 0.788. The van der Waals surface area contributed by atoms with E-state index < -0.39 is 22.0 Å². The molecule has 1 heterocycles. The highest BCUT2D eigenvalue weighted by molar-refractivity contribution is 7.89. The van der Waals surface area contributed by atoms with E-state index in [1.165, 1.54) is 19.4 Å². The van der Waals surface area contributed by atoms with Gasteiger partial charge in [-0.15, -0.1) is 0 Å². The molecule has 19 heavy (non-hydrogen) atoms. The number of nitrogens with one attached hydrogen (secondary N) is 1. The third-order valence-electron chi connectivity index (χ3n) is 2.45. The molecule has 1 aromatic heterocycles. The van der Waals surface area contributed by atoms with Crippen molar-refractivity contribution < 1.29 is 23.1 Å². The summed E-state index contributed by atoms with van der Waals surface area (Å²) in [6.07, 6.45) is 2.49. The minimum atomic E-state index is -3.96. The zero-order valence-corrected chi connectivity index (χ0v) is 11.6. The number of nitrogens with zero attached hydrogens (tertiary/aromatic N) is 1. The van der Waals surface area contributed by atoms with Gasteiger partial charge in [-0.2, -0.15) is 4.72 Å². The number of hydrogen-bond acceptors (Lipinski definition) is 5. The van der Waals surface area contributed by atoms with Crippen LogP contribution in [-0.4, -0.2) is 37.6 Å². The van der Waals surface area contributed by atoms with Crippen LogP contribution in [-0.2, 0) is 14.8 Å². The van der Waals surface area contributed by atoms with E-state index in [1.807, 2.05) is 0 Å².